The molecule has 1 heteroatoms. The maximum Gasteiger partial charge on any atom is 0.0609 e. The molecule has 17 heavy (non-hydrogen) atoms. The minimum absolute atomic E-state index is 0.169. The largest absolute Gasteiger partial charge is 0.392 e. The van der Waals surface area contributed by atoms with Crippen molar-refractivity contribution in [1.82, 2.24) is 0 Å². The summed E-state index contributed by atoms with van der Waals surface area (Å²) in [5.41, 5.74) is 3.14. The fraction of sp³-hybridized carbons (Fsp3) is 0.625. The number of aliphatic hydroxyl groups excluding tert-OH is 1. The molecule has 0 saturated heterocycles. The van der Waals surface area contributed by atoms with Crippen molar-refractivity contribution in [3.05, 3.63) is 35.4 Å². The van der Waals surface area contributed by atoms with Gasteiger partial charge in [-0.05, 0) is 42.2 Å². The summed E-state index contributed by atoms with van der Waals surface area (Å²) >= 11 is 0. The quantitative estimate of drug-likeness (QED) is 0.838. The number of aliphatic hydroxyl groups is 1. The normalized spacial score (nSPS) is 21.3. The van der Waals surface area contributed by atoms with Gasteiger partial charge >= 0.3 is 0 Å². The van der Waals surface area contributed by atoms with Gasteiger partial charge in [-0.25, -0.2) is 0 Å². The van der Waals surface area contributed by atoms with Crippen LogP contribution in [0.1, 0.15) is 57.1 Å². The molecule has 2 rings (SSSR count). The molecule has 0 spiro atoms. The van der Waals surface area contributed by atoms with Crippen LogP contribution in [-0.4, -0.2) is 11.2 Å². The predicted octanol–water partition coefficient (Wildman–Crippen LogP) is 3.90. The van der Waals surface area contributed by atoms with E-state index in [1.165, 1.54) is 11.1 Å². The molecule has 1 aliphatic carbocycles. The lowest BCUT2D eigenvalue weighted by molar-refractivity contribution is 0.117. The highest BCUT2D eigenvalue weighted by Crippen LogP contribution is 2.37. The minimum atomic E-state index is -0.169. The van der Waals surface area contributed by atoms with Gasteiger partial charge in [0.15, 0.2) is 0 Å². The van der Waals surface area contributed by atoms with Gasteiger partial charge in [0.05, 0.1) is 6.10 Å². The van der Waals surface area contributed by atoms with Crippen molar-refractivity contribution in [2.24, 2.45) is 5.41 Å². The molecular formula is C16H24O. The maximum atomic E-state index is 10.4. The SMILES string of the molecule is CC(C)(C)CCC(O)C1CCc2ccccc21. The first kappa shape index (κ1) is 12.6. The summed E-state index contributed by atoms with van der Waals surface area (Å²) < 4.78 is 0. The Balaban J connectivity index is 2.00. The number of aryl methyl sites for hydroxylation is 1. The summed E-state index contributed by atoms with van der Waals surface area (Å²) in [6, 6.07) is 8.58. The Bertz CT molecular complexity index is 375. The van der Waals surface area contributed by atoms with Crippen LogP contribution < -0.4 is 0 Å². The van der Waals surface area contributed by atoms with E-state index in [1.807, 2.05) is 0 Å². The average Bonchev–Trinajstić information content (AvgIpc) is 2.68. The first-order chi connectivity index (χ1) is 7.97. The van der Waals surface area contributed by atoms with Gasteiger partial charge in [0.2, 0.25) is 0 Å². The third kappa shape index (κ3) is 3.10. The monoisotopic (exact) mass is 232 g/mol. The van der Waals surface area contributed by atoms with Gasteiger partial charge in [0.1, 0.15) is 0 Å². The van der Waals surface area contributed by atoms with E-state index in [0.717, 1.165) is 25.7 Å². The van der Waals surface area contributed by atoms with Crippen LogP contribution in [0.25, 0.3) is 0 Å². The number of benzene rings is 1. The topological polar surface area (TPSA) is 20.2 Å². The molecule has 1 aliphatic rings. The van der Waals surface area contributed by atoms with Gasteiger partial charge in [0, 0.05) is 5.92 Å². The predicted molar refractivity (Wildman–Crippen MR) is 72.2 cm³/mol. The van der Waals surface area contributed by atoms with Gasteiger partial charge in [0.25, 0.3) is 0 Å². The Morgan fingerprint density at radius 1 is 1.29 bits per heavy atom. The van der Waals surface area contributed by atoms with Crippen molar-refractivity contribution in [2.45, 2.75) is 58.5 Å². The third-order valence-corrected chi connectivity index (χ3v) is 3.83. The van der Waals surface area contributed by atoms with E-state index in [1.54, 1.807) is 0 Å². The summed E-state index contributed by atoms with van der Waals surface area (Å²) in [5.74, 6) is 0.369. The van der Waals surface area contributed by atoms with E-state index in [0.29, 0.717) is 11.3 Å². The molecule has 0 amide bonds. The molecule has 0 fully saturated rings. The summed E-state index contributed by atoms with van der Waals surface area (Å²) in [6.07, 6.45) is 4.09. The van der Waals surface area contributed by atoms with E-state index in [4.69, 9.17) is 0 Å². The van der Waals surface area contributed by atoms with Gasteiger partial charge in [-0.2, -0.15) is 0 Å². The van der Waals surface area contributed by atoms with Crippen molar-refractivity contribution >= 4 is 0 Å². The van der Waals surface area contributed by atoms with Gasteiger partial charge in [-0.1, -0.05) is 45.0 Å². The van der Waals surface area contributed by atoms with E-state index in [9.17, 15) is 5.11 Å². The van der Waals surface area contributed by atoms with Crippen LogP contribution in [0.2, 0.25) is 0 Å². The zero-order chi connectivity index (χ0) is 12.5. The number of hydrogen-bond acceptors (Lipinski definition) is 1. The molecule has 0 aliphatic heterocycles. The number of hydrogen-bond donors (Lipinski definition) is 1. The number of rotatable bonds is 3. The van der Waals surface area contributed by atoms with Crippen LogP contribution in [0.3, 0.4) is 0 Å². The molecule has 0 bridgehead atoms. The van der Waals surface area contributed by atoms with Crippen LogP contribution >= 0.6 is 0 Å². The van der Waals surface area contributed by atoms with Crippen molar-refractivity contribution in [1.29, 1.82) is 0 Å². The van der Waals surface area contributed by atoms with E-state index in [2.05, 4.69) is 45.0 Å². The fourth-order valence-corrected chi connectivity index (χ4v) is 2.77. The molecule has 0 saturated carbocycles. The average molecular weight is 232 g/mol. The Hall–Kier alpha value is -0.820. The molecule has 1 aromatic rings. The lowest BCUT2D eigenvalue weighted by Gasteiger charge is -2.24. The number of fused-ring (bicyclic) bond motifs is 1. The van der Waals surface area contributed by atoms with Gasteiger partial charge < -0.3 is 5.11 Å². The Morgan fingerprint density at radius 3 is 2.71 bits per heavy atom. The summed E-state index contributed by atoms with van der Waals surface area (Å²) in [6.45, 7) is 6.72. The molecule has 0 aromatic heterocycles. The molecule has 2 unspecified atom stereocenters. The van der Waals surface area contributed by atoms with Crippen LogP contribution in [0, 0.1) is 5.41 Å². The molecule has 2 atom stereocenters. The van der Waals surface area contributed by atoms with Crippen molar-refractivity contribution in [3.63, 3.8) is 0 Å². The lowest BCUT2D eigenvalue weighted by Crippen LogP contribution is -2.19. The van der Waals surface area contributed by atoms with E-state index < -0.39 is 0 Å². The summed E-state index contributed by atoms with van der Waals surface area (Å²) in [4.78, 5) is 0. The van der Waals surface area contributed by atoms with Crippen LogP contribution in [-0.2, 0) is 6.42 Å². The Morgan fingerprint density at radius 2 is 2.00 bits per heavy atom. The first-order valence-corrected chi connectivity index (χ1v) is 6.73. The first-order valence-electron chi connectivity index (χ1n) is 6.73. The van der Waals surface area contributed by atoms with Crippen molar-refractivity contribution < 1.29 is 5.11 Å². The minimum Gasteiger partial charge on any atom is -0.392 e. The molecule has 0 heterocycles. The zero-order valence-corrected chi connectivity index (χ0v) is 11.2. The Kier molecular flexibility index (Phi) is 3.58. The zero-order valence-electron chi connectivity index (χ0n) is 11.2. The lowest BCUT2D eigenvalue weighted by atomic mass is 9.85. The fourth-order valence-electron chi connectivity index (χ4n) is 2.77. The van der Waals surface area contributed by atoms with E-state index in [-0.39, 0.29) is 6.10 Å². The summed E-state index contributed by atoms with van der Waals surface area (Å²) in [5, 5.41) is 10.4. The van der Waals surface area contributed by atoms with Crippen LogP contribution in [0.5, 0.6) is 0 Å². The highest BCUT2D eigenvalue weighted by molar-refractivity contribution is 5.35. The Labute approximate surface area is 105 Å². The maximum absolute atomic E-state index is 10.4. The van der Waals surface area contributed by atoms with Crippen molar-refractivity contribution in [3.8, 4) is 0 Å². The third-order valence-electron chi connectivity index (χ3n) is 3.83. The molecular weight excluding hydrogens is 208 g/mol. The molecule has 1 N–H and O–H groups in total. The highest BCUT2D eigenvalue weighted by Gasteiger charge is 2.28. The smallest absolute Gasteiger partial charge is 0.0609 e. The van der Waals surface area contributed by atoms with Crippen molar-refractivity contribution in [2.75, 3.05) is 0 Å². The molecule has 94 valence electrons. The summed E-state index contributed by atoms with van der Waals surface area (Å²) in [7, 11) is 0. The molecule has 1 aromatic carbocycles. The molecule has 0 radical (unpaired) electrons. The second kappa shape index (κ2) is 4.81. The van der Waals surface area contributed by atoms with Crippen LogP contribution in [0.4, 0.5) is 0 Å². The van der Waals surface area contributed by atoms with Gasteiger partial charge in [-0.15, -0.1) is 0 Å². The van der Waals surface area contributed by atoms with E-state index >= 15 is 0 Å². The molecule has 1 nitrogen and oxygen atoms in total. The second-order valence-corrected chi connectivity index (χ2v) is 6.51. The van der Waals surface area contributed by atoms with Crippen LogP contribution in [0.15, 0.2) is 24.3 Å². The standard InChI is InChI=1S/C16H24O/c1-16(2,3)11-10-15(17)14-9-8-12-6-4-5-7-13(12)14/h4-7,14-15,17H,8-11H2,1-3H3. The van der Waals surface area contributed by atoms with Gasteiger partial charge in [-0.3, -0.25) is 0 Å². The highest BCUT2D eigenvalue weighted by atomic mass is 16.3. The second-order valence-electron chi connectivity index (χ2n) is 6.51.